The molecular formula is C31H24N4O4. The molecule has 0 aliphatic heterocycles. The van der Waals surface area contributed by atoms with Gasteiger partial charge in [-0.05, 0) is 74.9 Å². The zero-order chi connectivity index (χ0) is 27.3. The molecule has 0 radical (unpaired) electrons. The van der Waals surface area contributed by atoms with E-state index in [4.69, 9.17) is 9.40 Å². The average molecular weight is 517 g/mol. The number of benzene rings is 3. The van der Waals surface area contributed by atoms with Gasteiger partial charge in [-0.1, -0.05) is 30.3 Å². The average Bonchev–Trinajstić information content (AvgIpc) is 3.48. The molecule has 3 aromatic heterocycles. The van der Waals surface area contributed by atoms with Crippen molar-refractivity contribution in [2.45, 2.75) is 20.8 Å². The molecular weight excluding hydrogens is 492 g/mol. The standard InChI is InChI=1S/C31H24N4O4/c1-18-14-22(31(37)38)12-13-26(18)34-19(2)15-23(20(34)3)17-32-35-29(28-16-21-8-4-7-11-27(21)39-28)33-25-10-6-5-9-24(25)30(35)36/h4-17H,1-3H3,(H,37,38). The first-order chi connectivity index (χ1) is 18.8. The van der Waals surface area contributed by atoms with Crippen molar-refractivity contribution in [3.05, 3.63) is 117 Å². The van der Waals surface area contributed by atoms with Crippen LogP contribution in [0.1, 0.15) is 32.9 Å². The first-order valence-corrected chi connectivity index (χ1v) is 12.4. The minimum absolute atomic E-state index is 0.238. The van der Waals surface area contributed by atoms with E-state index in [9.17, 15) is 14.7 Å². The summed E-state index contributed by atoms with van der Waals surface area (Å²) in [6, 6.07) is 23.7. The highest BCUT2D eigenvalue weighted by atomic mass is 16.4. The lowest BCUT2D eigenvalue weighted by Gasteiger charge is -2.13. The number of aryl methyl sites for hydroxylation is 2. The van der Waals surface area contributed by atoms with Gasteiger partial charge in [-0.25, -0.2) is 9.78 Å². The molecule has 0 fully saturated rings. The second-order valence-electron chi connectivity index (χ2n) is 9.43. The summed E-state index contributed by atoms with van der Waals surface area (Å²) in [5, 5.41) is 15.3. The summed E-state index contributed by atoms with van der Waals surface area (Å²) in [6.45, 7) is 5.81. The topological polar surface area (TPSA) is 103 Å². The third-order valence-corrected chi connectivity index (χ3v) is 6.87. The molecule has 39 heavy (non-hydrogen) atoms. The van der Waals surface area contributed by atoms with Crippen molar-refractivity contribution in [1.82, 2.24) is 14.2 Å². The number of furan rings is 1. The number of nitrogens with zero attached hydrogens (tertiary/aromatic N) is 4. The van der Waals surface area contributed by atoms with Gasteiger partial charge in [0.2, 0.25) is 5.82 Å². The number of hydrogen-bond donors (Lipinski definition) is 1. The summed E-state index contributed by atoms with van der Waals surface area (Å²) in [4.78, 5) is 29.7. The molecule has 0 atom stereocenters. The largest absolute Gasteiger partial charge is 0.478 e. The zero-order valence-corrected chi connectivity index (χ0v) is 21.5. The molecule has 0 amide bonds. The minimum atomic E-state index is -0.965. The Bertz CT molecular complexity index is 1980. The molecule has 0 aliphatic carbocycles. The molecule has 0 unspecified atom stereocenters. The monoisotopic (exact) mass is 516 g/mol. The van der Waals surface area contributed by atoms with Crippen molar-refractivity contribution >= 4 is 34.1 Å². The Morgan fingerprint density at radius 3 is 2.51 bits per heavy atom. The Labute approximate surface area is 223 Å². The summed E-state index contributed by atoms with van der Waals surface area (Å²) in [6.07, 6.45) is 1.64. The Hall–Kier alpha value is -5.24. The molecule has 0 aliphatic rings. The molecule has 8 heteroatoms. The summed E-state index contributed by atoms with van der Waals surface area (Å²) < 4.78 is 9.38. The van der Waals surface area contributed by atoms with Crippen LogP contribution in [0.15, 0.2) is 93.2 Å². The smallest absolute Gasteiger partial charge is 0.335 e. The lowest BCUT2D eigenvalue weighted by Crippen LogP contribution is -2.20. The maximum Gasteiger partial charge on any atom is 0.335 e. The van der Waals surface area contributed by atoms with E-state index in [-0.39, 0.29) is 11.1 Å². The highest BCUT2D eigenvalue weighted by Gasteiger charge is 2.17. The fourth-order valence-electron chi connectivity index (χ4n) is 4.93. The maximum atomic E-state index is 13.6. The van der Waals surface area contributed by atoms with Crippen LogP contribution in [0.25, 0.3) is 39.1 Å². The van der Waals surface area contributed by atoms with Gasteiger partial charge >= 0.3 is 5.97 Å². The van der Waals surface area contributed by atoms with E-state index in [0.29, 0.717) is 28.1 Å². The number of carboxylic acid groups (broad SMARTS) is 1. The zero-order valence-electron chi connectivity index (χ0n) is 21.5. The number of para-hydroxylation sites is 2. The Morgan fingerprint density at radius 2 is 1.74 bits per heavy atom. The molecule has 8 nitrogen and oxygen atoms in total. The predicted octanol–water partition coefficient (Wildman–Crippen LogP) is 6.11. The normalized spacial score (nSPS) is 11.7. The molecule has 1 N–H and O–H groups in total. The SMILES string of the molecule is Cc1cc(C(=O)O)ccc1-n1c(C)cc(C=Nn2c(-c3cc4ccccc4o3)nc3ccccc3c2=O)c1C. The van der Waals surface area contributed by atoms with E-state index >= 15 is 0 Å². The molecule has 3 aromatic carbocycles. The predicted molar refractivity (Wildman–Crippen MR) is 151 cm³/mol. The molecule has 0 saturated heterocycles. The van der Waals surface area contributed by atoms with Crippen molar-refractivity contribution < 1.29 is 14.3 Å². The van der Waals surface area contributed by atoms with Gasteiger partial charge < -0.3 is 14.1 Å². The lowest BCUT2D eigenvalue weighted by atomic mass is 10.1. The molecule has 6 rings (SSSR count). The van der Waals surface area contributed by atoms with Crippen LogP contribution in [0.2, 0.25) is 0 Å². The van der Waals surface area contributed by atoms with Crippen LogP contribution in [-0.4, -0.2) is 31.5 Å². The van der Waals surface area contributed by atoms with E-state index in [0.717, 1.165) is 33.6 Å². The van der Waals surface area contributed by atoms with Crippen molar-refractivity contribution in [1.29, 1.82) is 0 Å². The number of aromatic nitrogens is 3. The highest BCUT2D eigenvalue weighted by Crippen LogP contribution is 2.28. The molecule has 0 bridgehead atoms. The number of carboxylic acids is 1. The van der Waals surface area contributed by atoms with Crippen molar-refractivity contribution in [3.8, 4) is 17.3 Å². The Balaban J connectivity index is 1.49. The summed E-state index contributed by atoms with van der Waals surface area (Å²) in [5.74, 6) is -0.219. The van der Waals surface area contributed by atoms with Gasteiger partial charge in [0.25, 0.3) is 5.56 Å². The third-order valence-electron chi connectivity index (χ3n) is 6.87. The molecule has 6 aromatic rings. The number of rotatable bonds is 5. The van der Waals surface area contributed by atoms with Gasteiger partial charge in [0, 0.05) is 28.0 Å². The van der Waals surface area contributed by atoms with Crippen LogP contribution in [0.5, 0.6) is 0 Å². The Kier molecular flexibility index (Phi) is 5.72. The van der Waals surface area contributed by atoms with Crippen LogP contribution in [0.4, 0.5) is 0 Å². The van der Waals surface area contributed by atoms with Crippen LogP contribution in [0, 0.1) is 20.8 Å². The van der Waals surface area contributed by atoms with E-state index in [1.807, 2.05) is 67.8 Å². The van der Waals surface area contributed by atoms with Crippen molar-refractivity contribution in [3.63, 3.8) is 0 Å². The molecule has 0 saturated carbocycles. The number of aromatic carboxylic acids is 1. The van der Waals surface area contributed by atoms with E-state index in [1.165, 1.54) is 4.68 Å². The second kappa shape index (κ2) is 9.25. The second-order valence-corrected chi connectivity index (χ2v) is 9.43. The lowest BCUT2D eigenvalue weighted by molar-refractivity contribution is 0.0696. The van der Waals surface area contributed by atoms with Crippen LogP contribution < -0.4 is 5.56 Å². The van der Waals surface area contributed by atoms with E-state index < -0.39 is 5.97 Å². The molecule has 192 valence electrons. The first kappa shape index (κ1) is 24.1. The van der Waals surface area contributed by atoms with Crippen molar-refractivity contribution in [2.75, 3.05) is 0 Å². The minimum Gasteiger partial charge on any atom is -0.478 e. The van der Waals surface area contributed by atoms with Gasteiger partial charge in [0.1, 0.15) is 5.58 Å². The fraction of sp³-hybridized carbons (Fsp3) is 0.0968. The summed E-state index contributed by atoms with van der Waals surface area (Å²) in [7, 11) is 0. The fourth-order valence-corrected chi connectivity index (χ4v) is 4.93. The van der Waals surface area contributed by atoms with Gasteiger partial charge in [-0.15, -0.1) is 0 Å². The van der Waals surface area contributed by atoms with Crippen molar-refractivity contribution in [2.24, 2.45) is 5.10 Å². The van der Waals surface area contributed by atoms with Gasteiger partial charge in [0.15, 0.2) is 5.76 Å². The molecule has 3 heterocycles. The quantitative estimate of drug-likeness (QED) is 0.279. The van der Waals surface area contributed by atoms with Gasteiger partial charge in [0.05, 0.1) is 22.7 Å². The van der Waals surface area contributed by atoms with E-state index in [2.05, 4.69) is 5.10 Å². The van der Waals surface area contributed by atoms with E-state index in [1.54, 1.807) is 42.6 Å². The summed E-state index contributed by atoms with van der Waals surface area (Å²) in [5.41, 5.74) is 5.55. The number of fused-ring (bicyclic) bond motifs is 2. The third kappa shape index (κ3) is 4.12. The number of carbonyl (C=O) groups is 1. The van der Waals surface area contributed by atoms with Crippen LogP contribution in [-0.2, 0) is 0 Å². The first-order valence-electron chi connectivity index (χ1n) is 12.4. The van der Waals surface area contributed by atoms with Crippen LogP contribution >= 0.6 is 0 Å². The van der Waals surface area contributed by atoms with Gasteiger partial charge in [-0.2, -0.15) is 9.78 Å². The maximum absolute atomic E-state index is 13.6. The summed E-state index contributed by atoms with van der Waals surface area (Å²) >= 11 is 0. The highest BCUT2D eigenvalue weighted by molar-refractivity contribution is 5.88. The van der Waals surface area contributed by atoms with Gasteiger partial charge in [-0.3, -0.25) is 4.79 Å². The Morgan fingerprint density at radius 1 is 0.974 bits per heavy atom. The number of hydrogen-bond acceptors (Lipinski definition) is 5. The molecule has 0 spiro atoms. The van der Waals surface area contributed by atoms with Crippen LogP contribution in [0.3, 0.4) is 0 Å².